The Balaban J connectivity index is 2.06. The number of unbranched alkanes of at least 4 members (excludes halogenated alkanes) is 12. The number of ether oxygens (including phenoxy) is 3. The Morgan fingerprint density at radius 3 is 1.57 bits per heavy atom. The van der Waals surface area contributed by atoms with Gasteiger partial charge in [-0.05, 0) is 45.4 Å². The molecule has 1 rings (SSSR count). The Morgan fingerprint density at radius 2 is 1.07 bits per heavy atom. The summed E-state index contributed by atoms with van der Waals surface area (Å²) in [5.41, 5.74) is 0.804. The molecule has 0 aliphatic rings. The predicted octanol–water partition coefficient (Wildman–Crippen LogP) is 8.20. The van der Waals surface area contributed by atoms with Gasteiger partial charge in [0.15, 0.2) is 0 Å². The van der Waals surface area contributed by atoms with Crippen LogP contribution in [0.4, 0.5) is 11.4 Å². The number of nitrogens with one attached hydrogen (secondary N) is 2. The molecular formula is C34H58N2O6. The highest BCUT2D eigenvalue weighted by molar-refractivity contribution is 5.94. The van der Waals surface area contributed by atoms with E-state index in [1.807, 2.05) is 32.9 Å². The third-order valence-corrected chi connectivity index (χ3v) is 6.65. The lowest BCUT2D eigenvalue weighted by molar-refractivity contribution is -0.156. The topological polar surface area (TPSA) is 103 Å². The number of amides is 2. The minimum Gasteiger partial charge on any atom is -0.460 e. The van der Waals surface area contributed by atoms with Gasteiger partial charge in [-0.1, -0.05) is 90.0 Å². The van der Waals surface area contributed by atoms with Gasteiger partial charge >= 0.3 is 5.97 Å². The van der Waals surface area contributed by atoms with Gasteiger partial charge in [0.05, 0.1) is 39.3 Å². The van der Waals surface area contributed by atoms with Gasteiger partial charge in [0.1, 0.15) is 5.60 Å². The molecule has 42 heavy (non-hydrogen) atoms. The van der Waals surface area contributed by atoms with Gasteiger partial charge in [-0.2, -0.15) is 0 Å². The Kier molecular flexibility index (Phi) is 21.5. The van der Waals surface area contributed by atoms with Crippen molar-refractivity contribution < 1.29 is 28.6 Å². The number of hydrogen-bond donors (Lipinski definition) is 2. The summed E-state index contributed by atoms with van der Waals surface area (Å²) < 4.78 is 16.0. The second-order valence-corrected chi connectivity index (χ2v) is 12.0. The van der Waals surface area contributed by atoms with Crippen molar-refractivity contribution in [2.75, 3.05) is 37.1 Å². The van der Waals surface area contributed by atoms with Crippen LogP contribution >= 0.6 is 0 Å². The average Bonchev–Trinajstić information content (AvgIpc) is 2.92. The van der Waals surface area contributed by atoms with Gasteiger partial charge < -0.3 is 24.8 Å². The van der Waals surface area contributed by atoms with Gasteiger partial charge in [0.25, 0.3) is 0 Å². The number of anilines is 2. The van der Waals surface area contributed by atoms with Crippen molar-refractivity contribution in [3.05, 3.63) is 24.3 Å². The molecule has 1 aromatic rings. The highest BCUT2D eigenvalue weighted by atomic mass is 16.6. The van der Waals surface area contributed by atoms with Crippen LogP contribution in [0.15, 0.2) is 24.3 Å². The van der Waals surface area contributed by atoms with Crippen molar-refractivity contribution >= 4 is 29.2 Å². The van der Waals surface area contributed by atoms with E-state index in [-0.39, 0.29) is 43.8 Å². The van der Waals surface area contributed by atoms with Crippen molar-refractivity contribution in [1.82, 2.24) is 0 Å². The third kappa shape index (κ3) is 23.1. The molecule has 0 fully saturated rings. The van der Waals surface area contributed by atoms with E-state index in [9.17, 15) is 14.4 Å². The van der Waals surface area contributed by atoms with Crippen molar-refractivity contribution in [2.24, 2.45) is 0 Å². The normalized spacial score (nSPS) is 11.3. The number of esters is 1. The monoisotopic (exact) mass is 590 g/mol. The molecule has 2 N–H and O–H groups in total. The lowest BCUT2D eigenvalue weighted by Crippen LogP contribution is -2.24. The van der Waals surface area contributed by atoms with E-state index in [2.05, 4.69) is 17.6 Å². The zero-order valence-electron chi connectivity index (χ0n) is 26.9. The molecule has 0 saturated carbocycles. The molecule has 0 aliphatic heterocycles. The molecular weight excluding hydrogens is 532 g/mol. The van der Waals surface area contributed by atoms with E-state index >= 15 is 0 Å². The molecule has 0 aliphatic carbocycles. The zero-order valence-corrected chi connectivity index (χ0v) is 26.9. The van der Waals surface area contributed by atoms with Crippen LogP contribution in [0, 0.1) is 0 Å². The second-order valence-electron chi connectivity index (χ2n) is 12.0. The molecule has 0 heterocycles. The quantitative estimate of drug-likeness (QED) is 0.0879. The number of rotatable bonds is 25. The summed E-state index contributed by atoms with van der Waals surface area (Å²) in [5.74, 6) is -0.460. The summed E-state index contributed by atoms with van der Waals surface area (Å²) in [6.45, 7) is 8.94. The van der Waals surface area contributed by atoms with E-state index in [0.717, 1.165) is 12.8 Å². The van der Waals surface area contributed by atoms with Crippen molar-refractivity contribution in [2.45, 2.75) is 136 Å². The average molecular weight is 591 g/mol. The van der Waals surface area contributed by atoms with Gasteiger partial charge in [-0.25, -0.2) is 0 Å². The van der Waals surface area contributed by atoms with Crippen LogP contribution in [0.25, 0.3) is 0 Å². The molecule has 0 bridgehead atoms. The number of carbonyl (C=O) groups excluding carboxylic acids is 3. The third-order valence-electron chi connectivity index (χ3n) is 6.65. The summed E-state index contributed by atoms with van der Waals surface area (Å²) in [6, 6.07) is 7.18. The van der Waals surface area contributed by atoms with Crippen LogP contribution in [0.1, 0.15) is 130 Å². The summed E-state index contributed by atoms with van der Waals surface area (Å²) in [6.07, 6.45) is 17.6. The van der Waals surface area contributed by atoms with Crippen molar-refractivity contribution in [1.29, 1.82) is 0 Å². The molecule has 0 unspecified atom stereocenters. The highest BCUT2D eigenvalue weighted by Crippen LogP contribution is 2.17. The van der Waals surface area contributed by atoms with E-state index in [1.54, 1.807) is 12.1 Å². The molecule has 0 radical (unpaired) electrons. The first kappa shape index (κ1) is 37.6. The Hall–Kier alpha value is -2.45. The summed E-state index contributed by atoms with van der Waals surface area (Å²) in [7, 11) is 0. The maximum Gasteiger partial charge on any atom is 0.308 e. The largest absolute Gasteiger partial charge is 0.460 e. The van der Waals surface area contributed by atoms with Crippen LogP contribution < -0.4 is 10.6 Å². The number of benzene rings is 1. The van der Waals surface area contributed by atoms with Crippen LogP contribution in [0.2, 0.25) is 0 Å². The molecule has 1 aromatic carbocycles. The first-order valence-electron chi connectivity index (χ1n) is 16.3. The van der Waals surface area contributed by atoms with Crippen LogP contribution in [-0.2, 0) is 28.6 Å². The van der Waals surface area contributed by atoms with Crippen LogP contribution in [0.3, 0.4) is 0 Å². The Bertz CT molecular complexity index is 868. The predicted molar refractivity (Wildman–Crippen MR) is 171 cm³/mol. The van der Waals surface area contributed by atoms with Crippen LogP contribution in [-0.4, -0.2) is 49.8 Å². The molecule has 8 nitrogen and oxygen atoms in total. The lowest BCUT2D eigenvalue weighted by atomic mass is 10.0. The summed E-state index contributed by atoms with van der Waals surface area (Å²) >= 11 is 0. The minimum absolute atomic E-state index is 0.00302. The first-order chi connectivity index (χ1) is 20.2. The van der Waals surface area contributed by atoms with Gasteiger partial charge in [0, 0.05) is 17.8 Å². The molecule has 0 saturated heterocycles. The molecule has 0 spiro atoms. The summed E-state index contributed by atoms with van der Waals surface area (Å²) in [4.78, 5) is 36.2. The van der Waals surface area contributed by atoms with E-state index in [0.29, 0.717) is 31.0 Å². The smallest absolute Gasteiger partial charge is 0.308 e. The molecule has 0 atom stereocenters. The fraction of sp³-hybridized carbons (Fsp3) is 0.735. The molecule has 0 aromatic heterocycles. The SMILES string of the molecule is CCCCCCCCCCCCCCCC(=O)Nc1cccc(NC(=O)CCOCCOCCC(=O)OC(C)(C)C)c1. The number of hydrogen-bond acceptors (Lipinski definition) is 6. The fourth-order valence-electron chi connectivity index (χ4n) is 4.46. The lowest BCUT2D eigenvalue weighted by Gasteiger charge is -2.19. The number of carbonyl (C=O) groups is 3. The van der Waals surface area contributed by atoms with Crippen molar-refractivity contribution in [3.63, 3.8) is 0 Å². The maximum absolute atomic E-state index is 12.4. The standard InChI is InChI=1S/C34H58N2O6/c1-5-6-7-8-9-10-11-12-13-14-15-16-17-21-31(37)35-29-19-18-20-30(28-29)36-32(38)22-24-40-26-27-41-25-23-33(39)42-34(2,3)4/h18-20,28H,5-17,21-27H2,1-4H3,(H,35,37)(H,36,38). The Labute approximate surface area is 255 Å². The first-order valence-corrected chi connectivity index (χ1v) is 16.3. The van der Waals surface area contributed by atoms with Gasteiger partial charge in [-0.15, -0.1) is 0 Å². The minimum atomic E-state index is -0.498. The molecule has 240 valence electrons. The van der Waals surface area contributed by atoms with Gasteiger partial charge in [-0.3, -0.25) is 14.4 Å². The summed E-state index contributed by atoms with van der Waals surface area (Å²) in [5, 5.41) is 5.78. The highest BCUT2D eigenvalue weighted by Gasteiger charge is 2.15. The van der Waals surface area contributed by atoms with Crippen molar-refractivity contribution in [3.8, 4) is 0 Å². The Morgan fingerprint density at radius 1 is 0.619 bits per heavy atom. The molecule has 8 heteroatoms. The van der Waals surface area contributed by atoms with Crippen LogP contribution in [0.5, 0.6) is 0 Å². The van der Waals surface area contributed by atoms with E-state index in [4.69, 9.17) is 14.2 Å². The second kappa shape index (κ2) is 24.0. The zero-order chi connectivity index (χ0) is 30.9. The maximum atomic E-state index is 12.4. The van der Waals surface area contributed by atoms with Gasteiger partial charge in [0.2, 0.25) is 11.8 Å². The fourth-order valence-corrected chi connectivity index (χ4v) is 4.46. The van der Waals surface area contributed by atoms with E-state index in [1.165, 1.54) is 70.6 Å². The molecule has 2 amide bonds. The van der Waals surface area contributed by atoms with E-state index < -0.39 is 5.60 Å².